The molecule has 0 heterocycles. The van der Waals surface area contributed by atoms with E-state index in [0.717, 1.165) is 5.56 Å². The van der Waals surface area contributed by atoms with Crippen LogP contribution in [0.2, 0.25) is 0 Å². The Kier molecular flexibility index (Phi) is 3.92. The Morgan fingerprint density at radius 1 is 1.26 bits per heavy atom. The largest absolute Gasteiger partial charge is 0.392 e. The van der Waals surface area contributed by atoms with E-state index in [0.29, 0.717) is 11.3 Å². The highest BCUT2D eigenvalue weighted by molar-refractivity contribution is 6.04. The van der Waals surface area contributed by atoms with Crippen molar-refractivity contribution in [3.63, 3.8) is 0 Å². The summed E-state index contributed by atoms with van der Waals surface area (Å²) < 4.78 is 13.6. The van der Waals surface area contributed by atoms with Gasteiger partial charge in [-0.1, -0.05) is 23.8 Å². The summed E-state index contributed by atoms with van der Waals surface area (Å²) in [6, 6.07) is 11.2. The third-order valence-electron chi connectivity index (χ3n) is 2.73. The van der Waals surface area contributed by atoms with Crippen LogP contribution in [0.3, 0.4) is 0 Å². The maximum atomic E-state index is 13.6. The zero-order valence-electron chi connectivity index (χ0n) is 10.5. The molecule has 0 saturated heterocycles. The number of anilines is 1. The van der Waals surface area contributed by atoms with E-state index in [4.69, 9.17) is 5.11 Å². The van der Waals surface area contributed by atoms with Crippen LogP contribution in [0.25, 0.3) is 0 Å². The van der Waals surface area contributed by atoms with E-state index in [9.17, 15) is 9.18 Å². The number of hydrogen-bond acceptors (Lipinski definition) is 2. The summed E-state index contributed by atoms with van der Waals surface area (Å²) in [5, 5.41) is 11.6. The molecule has 0 atom stereocenters. The first-order valence-corrected chi connectivity index (χ1v) is 5.87. The number of aliphatic hydroxyl groups is 1. The van der Waals surface area contributed by atoms with Gasteiger partial charge in [0.15, 0.2) is 0 Å². The molecule has 0 spiro atoms. The molecule has 4 heteroatoms. The maximum Gasteiger partial charge on any atom is 0.258 e. The van der Waals surface area contributed by atoms with Crippen molar-refractivity contribution in [1.29, 1.82) is 0 Å². The van der Waals surface area contributed by atoms with E-state index in [1.807, 2.05) is 0 Å². The van der Waals surface area contributed by atoms with Gasteiger partial charge >= 0.3 is 0 Å². The Hall–Kier alpha value is -2.20. The van der Waals surface area contributed by atoms with Gasteiger partial charge in [-0.25, -0.2) is 4.39 Å². The highest BCUT2D eigenvalue weighted by Crippen LogP contribution is 2.15. The predicted molar refractivity (Wildman–Crippen MR) is 71.5 cm³/mol. The van der Waals surface area contributed by atoms with Crippen LogP contribution >= 0.6 is 0 Å². The SMILES string of the molecule is Cc1ccc(F)c(C(=O)Nc2cccc(CO)c2)c1. The average Bonchev–Trinajstić information content (AvgIpc) is 2.41. The summed E-state index contributed by atoms with van der Waals surface area (Å²) in [6.07, 6.45) is 0. The number of aryl methyl sites for hydroxylation is 1. The monoisotopic (exact) mass is 259 g/mol. The highest BCUT2D eigenvalue weighted by atomic mass is 19.1. The summed E-state index contributed by atoms with van der Waals surface area (Å²) >= 11 is 0. The minimum atomic E-state index is -0.554. The van der Waals surface area contributed by atoms with Gasteiger partial charge in [0, 0.05) is 5.69 Å². The van der Waals surface area contributed by atoms with Gasteiger partial charge in [-0.2, -0.15) is 0 Å². The Bertz CT molecular complexity index is 611. The topological polar surface area (TPSA) is 49.3 Å². The molecule has 3 nitrogen and oxygen atoms in total. The van der Waals surface area contributed by atoms with E-state index in [2.05, 4.69) is 5.32 Å². The fourth-order valence-electron chi connectivity index (χ4n) is 1.76. The normalized spacial score (nSPS) is 10.3. The van der Waals surface area contributed by atoms with Gasteiger partial charge in [-0.3, -0.25) is 4.79 Å². The molecule has 2 aromatic rings. The molecule has 19 heavy (non-hydrogen) atoms. The van der Waals surface area contributed by atoms with Gasteiger partial charge in [0.2, 0.25) is 0 Å². The Labute approximate surface area is 110 Å². The second-order valence-corrected chi connectivity index (χ2v) is 4.30. The van der Waals surface area contributed by atoms with Crippen molar-refractivity contribution in [3.8, 4) is 0 Å². The van der Waals surface area contributed by atoms with Crippen LogP contribution in [-0.4, -0.2) is 11.0 Å². The Morgan fingerprint density at radius 3 is 2.79 bits per heavy atom. The number of nitrogens with one attached hydrogen (secondary N) is 1. The lowest BCUT2D eigenvalue weighted by Gasteiger charge is -2.08. The quantitative estimate of drug-likeness (QED) is 0.890. The lowest BCUT2D eigenvalue weighted by atomic mass is 10.1. The van der Waals surface area contributed by atoms with Crippen molar-refractivity contribution in [2.75, 3.05) is 5.32 Å². The first-order chi connectivity index (χ1) is 9.10. The minimum absolute atomic E-state index is 0.00871. The number of benzene rings is 2. The van der Waals surface area contributed by atoms with Crippen molar-refractivity contribution < 1.29 is 14.3 Å². The Balaban J connectivity index is 2.23. The average molecular weight is 259 g/mol. The van der Waals surface area contributed by atoms with E-state index in [-0.39, 0.29) is 12.2 Å². The number of hydrogen-bond donors (Lipinski definition) is 2. The number of carbonyl (C=O) groups excluding carboxylic acids is 1. The highest BCUT2D eigenvalue weighted by Gasteiger charge is 2.12. The van der Waals surface area contributed by atoms with Gasteiger partial charge in [-0.15, -0.1) is 0 Å². The van der Waals surface area contributed by atoms with Crippen LogP contribution in [0.4, 0.5) is 10.1 Å². The summed E-state index contributed by atoms with van der Waals surface area (Å²) in [6.45, 7) is 1.69. The lowest BCUT2D eigenvalue weighted by Crippen LogP contribution is -2.14. The molecule has 0 aromatic heterocycles. The van der Waals surface area contributed by atoms with Crippen LogP contribution in [-0.2, 0) is 6.61 Å². The second-order valence-electron chi connectivity index (χ2n) is 4.30. The number of rotatable bonds is 3. The molecular weight excluding hydrogens is 245 g/mol. The van der Waals surface area contributed by atoms with Crippen molar-refractivity contribution in [1.82, 2.24) is 0 Å². The molecule has 0 bridgehead atoms. The summed E-state index contributed by atoms with van der Waals surface area (Å²) in [7, 11) is 0. The number of carbonyl (C=O) groups is 1. The third-order valence-corrected chi connectivity index (χ3v) is 2.73. The molecule has 0 aliphatic carbocycles. The molecule has 0 radical (unpaired) electrons. The van der Waals surface area contributed by atoms with Crippen LogP contribution in [0.5, 0.6) is 0 Å². The standard InChI is InChI=1S/C15H14FNO2/c1-10-5-6-14(16)13(7-10)15(19)17-12-4-2-3-11(8-12)9-18/h2-8,18H,9H2,1H3,(H,17,19). The number of amides is 1. The van der Waals surface area contributed by atoms with Crippen LogP contribution in [0, 0.1) is 12.7 Å². The fourth-order valence-corrected chi connectivity index (χ4v) is 1.76. The van der Waals surface area contributed by atoms with E-state index < -0.39 is 11.7 Å². The van der Waals surface area contributed by atoms with Gasteiger partial charge in [0.05, 0.1) is 12.2 Å². The summed E-state index contributed by atoms with van der Waals surface area (Å²) in [5.41, 5.74) is 2.03. The molecule has 2 aromatic carbocycles. The zero-order chi connectivity index (χ0) is 13.8. The second kappa shape index (κ2) is 5.63. The summed E-state index contributed by atoms with van der Waals surface area (Å²) in [4.78, 5) is 12.0. The molecule has 0 aliphatic heterocycles. The molecule has 98 valence electrons. The lowest BCUT2D eigenvalue weighted by molar-refractivity contribution is 0.102. The first-order valence-electron chi connectivity index (χ1n) is 5.87. The molecule has 2 N–H and O–H groups in total. The molecule has 0 unspecified atom stereocenters. The Morgan fingerprint density at radius 2 is 2.05 bits per heavy atom. The van der Waals surface area contributed by atoms with Gasteiger partial charge in [-0.05, 0) is 36.8 Å². The van der Waals surface area contributed by atoms with E-state index in [1.165, 1.54) is 12.1 Å². The van der Waals surface area contributed by atoms with Crippen molar-refractivity contribution in [2.45, 2.75) is 13.5 Å². The van der Waals surface area contributed by atoms with Gasteiger partial charge < -0.3 is 10.4 Å². The molecular formula is C15H14FNO2. The first kappa shape index (κ1) is 13.2. The minimum Gasteiger partial charge on any atom is -0.392 e. The summed E-state index contributed by atoms with van der Waals surface area (Å²) in [5.74, 6) is -1.06. The van der Waals surface area contributed by atoms with Crippen molar-refractivity contribution in [3.05, 3.63) is 65.0 Å². The molecule has 0 aliphatic rings. The van der Waals surface area contributed by atoms with E-state index >= 15 is 0 Å². The van der Waals surface area contributed by atoms with E-state index in [1.54, 1.807) is 37.3 Å². The van der Waals surface area contributed by atoms with Crippen molar-refractivity contribution in [2.24, 2.45) is 0 Å². The zero-order valence-corrected chi connectivity index (χ0v) is 10.5. The maximum absolute atomic E-state index is 13.6. The predicted octanol–water partition coefficient (Wildman–Crippen LogP) is 2.88. The molecule has 1 amide bonds. The van der Waals surface area contributed by atoms with Gasteiger partial charge in [0.1, 0.15) is 5.82 Å². The van der Waals surface area contributed by atoms with Crippen LogP contribution in [0.15, 0.2) is 42.5 Å². The van der Waals surface area contributed by atoms with Gasteiger partial charge in [0.25, 0.3) is 5.91 Å². The fraction of sp³-hybridized carbons (Fsp3) is 0.133. The molecule has 0 fully saturated rings. The van der Waals surface area contributed by atoms with Crippen LogP contribution < -0.4 is 5.32 Å². The third kappa shape index (κ3) is 3.17. The van der Waals surface area contributed by atoms with Crippen molar-refractivity contribution >= 4 is 11.6 Å². The smallest absolute Gasteiger partial charge is 0.258 e. The number of aliphatic hydroxyl groups excluding tert-OH is 1. The molecule has 2 rings (SSSR count). The number of halogens is 1. The van der Waals surface area contributed by atoms with Crippen LogP contribution in [0.1, 0.15) is 21.5 Å². The molecule has 0 saturated carbocycles.